The Bertz CT molecular complexity index is 440. The molecule has 1 heterocycles. The molecule has 5 heteroatoms. The third-order valence-corrected chi connectivity index (χ3v) is 2.61. The van der Waals surface area contributed by atoms with Gasteiger partial charge < -0.3 is 20.3 Å². The Hall–Kier alpha value is -1.49. The molecule has 0 unspecified atom stereocenters. The topological polar surface area (TPSA) is 64.7 Å². The summed E-state index contributed by atoms with van der Waals surface area (Å²) in [5, 5.41) is 9.79. The standard InChI is InChI=1S/C12H16FNO3/c1-12(2,14)9-10(15)7(13)6-8-11(9)17-5-3-4-16-8/h6,15H,3-5,14H2,1-2H3. The summed E-state index contributed by atoms with van der Waals surface area (Å²) in [7, 11) is 0. The minimum absolute atomic E-state index is 0.245. The van der Waals surface area contributed by atoms with Crippen molar-refractivity contribution in [3.8, 4) is 17.2 Å². The van der Waals surface area contributed by atoms with Crippen molar-refractivity contribution in [1.82, 2.24) is 0 Å². The van der Waals surface area contributed by atoms with Crippen molar-refractivity contribution < 1.29 is 19.0 Å². The minimum atomic E-state index is -0.913. The van der Waals surface area contributed by atoms with Crippen molar-refractivity contribution in [3.63, 3.8) is 0 Å². The van der Waals surface area contributed by atoms with Crippen molar-refractivity contribution in [2.75, 3.05) is 13.2 Å². The van der Waals surface area contributed by atoms with Gasteiger partial charge in [-0.1, -0.05) is 0 Å². The zero-order valence-electron chi connectivity index (χ0n) is 9.92. The number of hydrogen-bond donors (Lipinski definition) is 2. The van der Waals surface area contributed by atoms with Crippen LogP contribution in [0.3, 0.4) is 0 Å². The third kappa shape index (κ3) is 2.15. The number of benzene rings is 1. The smallest absolute Gasteiger partial charge is 0.170 e. The Morgan fingerprint density at radius 2 is 2.00 bits per heavy atom. The molecule has 2 rings (SSSR count). The average Bonchev–Trinajstić information content (AvgIpc) is 2.42. The molecule has 0 atom stereocenters. The summed E-state index contributed by atoms with van der Waals surface area (Å²) in [5.74, 6) is -0.579. The third-order valence-electron chi connectivity index (χ3n) is 2.61. The molecule has 0 aliphatic carbocycles. The van der Waals surface area contributed by atoms with Crippen LogP contribution in [0.15, 0.2) is 6.07 Å². The van der Waals surface area contributed by atoms with Crippen molar-refractivity contribution in [3.05, 3.63) is 17.4 Å². The van der Waals surface area contributed by atoms with Gasteiger partial charge >= 0.3 is 0 Å². The normalized spacial score (nSPS) is 15.5. The molecule has 3 N–H and O–H groups in total. The van der Waals surface area contributed by atoms with Gasteiger partial charge in [0.1, 0.15) is 0 Å². The Labute approximate surface area is 99.1 Å². The van der Waals surface area contributed by atoms with E-state index >= 15 is 0 Å². The summed E-state index contributed by atoms with van der Waals surface area (Å²) >= 11 is 0. The Kier molecular flexibility index (Phi) is 2.87. The highest BCUT2D eigenvalue weighted by Gasteiger charge is 2.30. The number of aromatic hydroxyl groups is 1. The molecule has 1 aliphatic rings. The fourth-order valence-electron chi connectivity index (χ4n) is 1.86. The quantitative estimate of drug-likeness (QED) is 0.788. The van der Waals surface area contributed by atoms with Gasteiger partial charge in [0.2, 0.25) is 0 Å². The lowest BCUT2D eigenvalue weighted by molar-refractivity contribution is 0.293. The molecule has 94 valence electrons. The molecule has 0 amide bonds. The number of phenolic OH excluding ortho intramolecular Hbond substituents is 1. The van der Waals surface area contributed by atoms with Gasteiger partial charge in [-0.2, -0.15) is 0 Å². The maximum absolute atomic E-state index is 13.6. The molecule has 0 fully saturated rings. The first-order valence-electron chi connectivity index (χ1n) is 5.51. The van der Waals surface area contributed by atoms with Gasteiger partial charge in [-0.05, 0) is 13.8 Å². The van der Waals surface area contributed by atoms with Crippen molar-refractivity contribution in [2.45, 2.75) is 25.8 Å². The molecule has 0 aromatic heterocycles. The van der Waals surface area contributed by atoms with Crippen LogP contribution < -0.4 is 15.2 Å². The summed E-state index contributed by atoms with van der Waals surface area (Å²) in [6, 6.07) is 1.13. The first kappa shape index (κ1) is 12.0. The maximum Gasteiger partial charge on any atom is 0.170 e. The van der Waals surface area contributed by atoms with Crippen LogP contribution >= 0.6 is 0 Å². The molecule has 0 bridgehead atoms. The molecule has 0 saturated heterocycles. The second-order valence-electron chi connectivity index (χ2n) is 4.68. The molecule has 0 saturated carbocycles. The molecule has 4 nitrogen and oxygen atoms in total. The first-order valence-corrected chi connectivity index (χ1v) is 5.51. The van der Waals surface area contributed by atoms with Crippen LogP contribution in [0.25, 0.3) is 0 Å². The summed E-state index contributed by atoms with van der Waals surface area (Å²) in [6.45, 7) is 4.27. The summed E-state index contributed by atoms with van der Waals surface area (Å²) < 4.78 is 24.5. The lowest BCUT2D eigenvalue weighted by Gasteiger charge is -2.24. The minimum Gasteiger partial charge on any atom is -0.504 e. The van der Waals surface area contributed by atoms with Gasteiger partial charge in [-0.15, -0.1) is 0 Å². The highest BCUT2D eigenvalue weighted by atomic mass is 19.1. The summed E-state index contributed by atoms with van der Waals surface area (Å²) in [5.41, 5.74) is 5.27. The predicted octanol–water partition coefficient (Wildman–Crippen LogP) is 1.89. The van der Waals surface area contributed by atoms with Gasteiger partial charge in [0.05, 0.1) is 18.8 Å². The van der Waals surface area contributed by atoms with Crippen LogP contribution in [-0.2, 0) is 5.54 Å². The SMILES string of the molecule is CC(C)(N)c1c(O)c(F)cc2c1OCCCO2. The van der Waals surface area contributed by atoms with Crippen molar-refractivity contribution in [2.24, 2.45) is 5.73 Å². The molecule has 17 heavy (non-hydrogen) atoms. The van der Waals surface area contributed by atoms with E-state index in [2.05, 4.69) is 0 Å². The Balaban J connectivity index is 2.66. The molecule has 1 aliphatic heterocycles. The molecular weight excluding hydrogens is 225 g/mol. The largest absolute Gasteiger partial charge is 0.504 e. The highest BCUT2D eigenvalue weighted by molar-refractivity contribution is 5.57. The molecule has 0 spiro atoms. The van der Waals surface area contributed by atoms with E-state index in [9.17, 15) is 9.50 Å². The van der Waals surface area contributed by atoms with E-state index in [1.54, 1.807) is 13.8 Å². The zero-order chi connectivity index (χ0) is 12.6. The number of fused-ring (bicyclic) bond motifs is 1. The summed E-state index contributed by atoms with van der Waals surface area (Å²) in [4.78, 5) is 0. The van der Waals surface area contributed by atoms with Crippen LogP contribution in [0.1, 0.15) is 25.8 Å². The molecule has 1 aromatic rings. The fourth-order valence-corrected chi connectivity index (χ4v) is 1.86. The molecule has 1 aromatic carbocycles. The van der Waals surface area contributed by atoms with E-state index in [0.29, 0.717) is 31.1 Å². The van der Waals surface area contributed by atoms with Crippen LogP contribution in [0.5, 0.6) is 17.2 Å². The zero-order valence-corrected chi connectivity index (χ0v) is 9.92. The highest BCUT2D eigenvalue weighted by Crippen LogP contribution is 2.44. The van der Waals surface area contributed by atoms with E-state index in [4.69, 9.17) is 15.2 Å². The van der Waals surface area contributed by atoms with Gasteiger partial charge in [-0.25, -0.2) is 4.39 Å². The number of halogens is 1. The number of hydrogen-bond acceptors (Lipinski definition) is 4. The lowest BCUT2D eigenvalue weighted by Crippen LogP contribution is -2.29. The van der Waals surface area contributed by atoms with Crippen LogP contribution in [0, 0.1) is 5.82 Å². The Morgan fingerprint density at radius 1 is 1.35 bits per heavy atom. The van der Waals surface area contributed by atoms with E-state index in [-0.39, 0.29) is 5.56 Å². The van der Waals surface area contributed by atoms with Crippen LogP contribution in [-0.4, -0.2) is 18.3 Å². The number of nitrogens with two attached hydrogens (primary N) is 1. The second-order valence-corrected chi connectivity index (χ2v) is 4.68. The van der Waals surface area contributed by atoms with Crippen LogP contribution in [0.2, 0.25) is 0 Å². The van der Waals surface area contributed by atoms with E-state index in [1.807, 2.05) is 0 Å². The fraction of sp³-hybridized carbons (Fsp3) is 0.500. The second kappa shape index (κ2) is 4.07. The first-order chi connectivity index (χ1) is 7.91. The van der Waals surface area contributed by atoms with E-state index in [1.165, 1.54) is 0 Å². The van der Waals surface area contributed by atoms with Gasteiger partial charge in [0.15, 0.2) is 23.1 Å². The van der Waals surface area contributed by atoms with Crippen molar-refractivity contribution >= 4 is 0 Å². The molecular formula is C12H16FNO3. The van der Waals surface area contributed by atoms with E-state index < -0.39 is 17.1 Å². The van der Waals surface area contributed by atoms with E-state index in [0.717, 1.165) is 6.07 Å². The molecule has 0 radical (unpaired) electrons. The van der Waals surface area contributed by atoms with Crippen LogP contribution in [0.4, 0.5) is 4.39 Å². The lowest BCUT2D eigenvalue weighted by atomic mass is 9.93. The van der Waals surface area contributed by atoms with Crippen molar-refractivity contribution in [1.29, 1.82) is 0 Å². The summed E-state index contributed by atoms with van der Waals surface area (Å²) in [6.07, 6.45) is 0.710. The van der Waals surface area contributed by atoms with Gasteiger partial charge in [0, 0.05) is 18.0 Å². The maximum atomic E-state index is 13.6. The average molecular weight is 241 g/mol. The van der Waals surface area contributed by atoms with Gasteiger partial charge in [0.25, 0.3) is 0 Å². The number of rotatable bonds is 1. The number of phenols is 1. The number of ether oxygens (including phenoxy) is 2. The predicted molar refractivity (Wildman–Crippen MR) is 60.9 cm³/mol. The Morgan fingerprint density at radius 3 is 2.65 bits per heavy atom. The monoisotopic (exact) mass is 241 g/mol. The van der Waals surface area contributed by atoms with Gasteiger partial charge in [-0.3, -0.25) is 0 Å².